The molecule has 1 aromatic carbocycles. The minimum absolute atomic E-state index is 0.0372. The number of benzene rings is 1. The quantitative estimate of drug-likeness (QED) is 0.703. The first-order valence-corrected chi connectivity index (χ1v) is 6.35. The lowest BCUT2D eigenvalue weighted by Gasteiger charge is -2.22. The van der Waals surface area contributed by atoms with E-state index in [0.29, 0.717) is 11.3 Å². The highest BCUT2D eigenvalue weighted by atomic mass is 16.3. The molecule has 106 valence electrons. The number of hydrogen-bond donors (Lipinski definition) is 3. The van der Waals surface area contributed by atoms with Crippen molar-refractivity contribution >= 4 is 17.3 Å². The number of rotatable bonds is 5. The molecular weight excluding hydrogens is 242 g/mol. The summed E-state index contributed by atoms with van der Waals surface area (Å²) in [5, 5.41) is 12.5. The summed E-state index contributed by atoms with van der Waals surface area (Å²) in [6.07, 6.45) is 0. The second-order valence-corrected chi connectivity index (χ2v) is 5.18. The lowest BCUT2D eigenvalue weighted by molar-refractivity contribution is 0.0827. The molecule has 0 radical (unpaired) electrons. The van der Waals surface area contributed by atoms with Crippen LogP contribution in [0.4, 0.5) is 11.4 Å². The topological polar surface area (TPSA) is 78.6 Å². The Kier molecular flexibility index (Phi) is 5.18. The Morgan fingerprint density at radius 1 is 1.42 bits per heavy atom. The van der Waals surface area contributed by atoms with Crippen LogP contribution >= 0.6 is 0 Å². The van der Waals surface area contributed by atoms with Gasteiger partial charge in [0.1, 0.15) is 0 Å². The van der Waals surface area contributed by atoms with Crippen molar-refractivity contribution in [2.45, 2.75) is 19.9 Å². The first-order chi connectivity index (χ1) is 8.86. The van der Waals surface area contributed by atoms with Gasteiger partial charge >= 0.3 is 0 Å². The van der Waals surface area contributed by atoms with Crippen LogP contribution in [0.25, 0.3) is 0 Å². The highest BCUT2D eigenvalue weighted by molar-refractivity contribution is 5.95. The predicted octanol–water partition coefficient (Wildman–Crippen LogP) is 1.40. The lowest BCUT2D eigenvalue weighted by Crippen LogP contribution is -2.30. The van der Waals surface area contributed by atoms with Gasteiger partial charge in [0.25, 0.3) is 5.91 Å². The van der Waals surface area contributed by atoms with Crippen LogP contribution in [0, 0.1) is 5.92 Å². The van der Waals surface area contributed by atoms with Gasteiger partial charge in [-0.3, -0.25) is 4.79 Å². The molecule has 0 bridgehead atoms. The Labute approximate surface area is 114 Å². The molecule has 1 amide bonds. The smallest absolute Gasteiger partial charge is 0.253 e. The summed E-state index contributed by atoms with van der Waals surface area (Å²) < 4.78 is 0. The summed E-state index contributed by atoms with van der Waals surface area (Å²) in [4.78, 5) is 13.3. The van der Waals surface area contributed by atoms with Gasteiger partial charge in [-0.2, -0.15) is 0 Å². The molecule has 0 saturated heterocycles. The summed E-state index contributed by atoms with van der Waals surface area (Å²) in [5.74, 6) is 0.202. The van der Waals surface area contributed by atoms with Gasteiger partial charge in [0, 0.05) is 19.7 Å². The number of nitrogen functional groups attached to an aromatic ring is 1. The molecule has 0 aliphatic rings. The lowest BCUT2D eigenvalue weighted by atomic mass is 10.0. The zero-order chi connectivity index (χ0) is 14.6. The molecule has 1 atom stereocenters. The Morgan fingerprint density at radius 2 is 2.05 bits per heavy atom. The first-order valence-electron chi connectivity index (χ1n) is 6.35. The standard InChI is InChI=1S/C14H23N3O2/c1-9(2)13(8-18)16-12-6-5-10(7-11(12)15)14(19)17(3)4/h5-7,9,13,16,18H,8,15H2,1-4H3/t13-/m1/s1. The molecular formula is C14H23N3O2. The number of aliphatic hydroxyl groups is 1. The molecule has 0 unspecified atom stereocenters. The third-order valence-electron chi connectivity index (χ3n) is 3.05. The average molecular weight is 265 g/mol. The van der Waals surface area contributed by atoms with Crippen LogP contribution < -0.4 is 11.1 Å². The van der Waals surface area contributed by atoms with Gasteiger partial charge in [0.2, 0.25) is 0 Å². The van der Waals surface area contributed by atoms with Crippen LogP contribution in [0.5, 0.6) is 0 Å². The predicted molar refractivity (Wildman–Crippen MR) is 78.2 cm³/mol. The molecule has 0 aromatic heterocycles. The minimum atomic E-state index is -0.0826. The van der Waals surface area contributed by atoms with E-state index in [9.17, 15) is 9.90 Å². The molecule has 0 aliphatic heterocycles. The normalized spacial score (nSPS) is 12.3. The number of anilines is 2. The van der Waals surface area contributed by atoms with Crippen LogP contribution in [-0.2, 0) is 0 Å². The second-order valence-electron chi connectivity index (χ2n) is 5.18. The first kappa shape index (κ1) is 15.3. The number of nitrogens with two attached hydrogens (primary N) is 1. The molecule has 5 heteroatoms. The van der Waals surface area contributed by atoms with Gasteiger partial charge in [-0.15, -0.1) is 0 Å². The highest BCUT2D eigenvalue weighted by Crippen LogP contribution is 2.22. The van der Waals surface area contributed by atoms with E-state index < -0.39 is 0 Å². The van der Waals surface area contributed by atoms with E-state index in [-0.39, 0.29) is 24.5 Å². The van der Waals surface area contributed by atoms with Gasteiger partial charge < -0.3 is 21.1 Å². The van der Waals surface area contributed by atoms with Crippen molar-refractivity contribution in [3.05, 3.63) is 23.8 Å². The van der Waals surface area contributed by atoms with Crippen molar-refractivity contribution in [2.75, 3.05) is 31.8 Å². The minimum Gasteiger partial charge on any atom is -0.397 e. The third kappa shape index (κ3) is 3.86. The van der Waals surface area contributed by atoms with Crippen LogP contribution in [0.2, 0.25) is 0 Å². The fourth-order valence-electron chi connectivity index (χ4n) is 1.71. The summed E-state index contributed by atoms with van der Waals surface area (Å²) >= 11 is 0. The molecule has 5 nitrogen and oxygen atoms in total. The van der Waals surface area contributed by atoms with Crippen molar-refractivity contribution in [1.82, 2.24) is 4.90 Å². The molecule has 1 rings (SSSR count). The summed E-state index contributed by atoms with van der Waals surface area (Å²) in [7, 11) is 3.40. The average Bonchev–Trinajstić information content (AvgIpc) is 2.35. The Bertz CT molecular complexity index is 444. The number of aliphatic hydroxyl groups excluding tert-OH is 1. The van der Waals surface area contributed by atoms with Crippen molar-refractivity contribution in [3.8, 4) is 0 Å². The van der Waals surface area contributed by atoms with Crippen LogP contribution in [0.1, 0.15) is 24.2 Å². The number of amides is 1. The summed E-state index contributed by atoms with van der Waals surface area (Å²) in [6.45, 7) is 4.08. The fraction of sp³-hybridized carbons (Fsp3) is 0.500. The Hall–Kier alpha value is -1.75. The van der Waals surface area contributed by atoms with E-state index in [2.05, 4.69) is 5.32 Å². The Morgan fingerprint density at radius 3 is 2.47 bits per heavy atom. The maximum absolute atomic E-state index is 11.8. The molecule has 0 heterocycles. The molecule has 0 saturated carbocycles. The number of carbonyl (C=O) groups excluding carboxylic acids is 1. The molecule has 0 aliphatic carbocycles. The molecule has 0 fully saturated rings. The van der Waals surface area contributed by atoms with Gasteiger partial charge in [0.05, 0.1) is 24.0 Å². The number of nitrogens with one attached hydrogen (secondary N) is 1. The zero-order valence-corrected chi connectivity index (χ0v) is 12.0. The molecule has 19 heavy (non-hydrogen) atoms. The van der Waals surface area contributed by atoms with Crippen LogP contribution in [0.3, 0.4) is 0 Å². The van der Waals surface area contributed by atoms with Crippen molar-refractivity contribution in [3.63, 3.8) is 0 Å². The highest BCUT2D eigenvalue weighted by Gasteiger charge is 2.14. The van der Waals surface area contributed by atoms with E-state index in [0.717, 1.165) is 5.69 Å². The van der Waals surface area contributed by atoms with Crippen molar-refractivity contribution < 1.29 is 9.90 Å². The summed E-state index contributed by atoms with van der Waals surface area (Å²) in [5.41, 5.74) is 7.75. The number of hydrogen-bond acceptors (Lipinski definition) is 4. The van der Waals surface area contributed by atoms with Crippen LogP contribution in [-0.4, -0.2) is 42.7 Å². The second kappa shape index (κ2) is 6.43. The van der Waals surface area contributed by atoms with E-state index in [1.54, 1.807) is 32.3 Å². The van der Waals surface area contributed by atoms with Gasteiger partial charge in [-0.05, 0) is 24.1 Å². The number of carbonyl (C=O) groups is 1. The summed E-state index contributed by atoms with van der Waals surface area (Å²) in [6, 6.07) is 5.10. The zero-order valence-electron chi connectivity index (χ0n) is 12.0. The van der Waals surface area contributed by atoms with Gasteiger partial charge in [-0.1, -0.05) is 13.8 Å². The van der Waals surface area contributed by atoms with E-state index >= 15 is 0 Å². The monoisotopic (exact) mass is 265 g/mol. The number of nitrogens with zero attached hydrogens (tertiary/aromatic N) is 1. The maximum atomic E-state index is 11.8. The molecule has 0 spiro atoms. The third-order valence-corrected chi connectivity index (χ3v) is 3.05. The van der Waals surface area contributed by atoms with Crippen LogP contribution in [0.15, 0.2) is 18.2 Å². The van der Waals surface area contributed by atoms with E-state index in [1.807, 2.05) is 13.8 Å². The Balaban J connectivity index is 2.91. The largest absolute Gasteiger partial charge is 0.397 e. The van der Waals surface area contributed by atoms with Crippen molar-refractivity contribution in [2.24, 2.45) is 5.92 Å². The van der Waals surface area contributed by atoms with Gasteiger partial charge in [0.15, 0.2) is 0 Å². The SMILES string of the molecule is CC(C)[C@@H](CO)Nc1ccc(C(=O)N(C)C)cc1N. The maximum Gasteiger partial charge on any atom is 0.253 e. The van der Waals surface area contributed by atoms with Crippen molar-refractivity contribution in [1.29, 1.82) is 0 Å². The molecule has 4 N–H and O–H groups in total. The van der Waals surface area contributed by atoms with E-state index in [4.69, 9.17) is 5.73 Å². The van der Waals surface area contributed by atoms with E-state index in [1.165, 1.54) is 4.90 Å². The fourth-order valence-corrected chi connectivity index (χ4v) is 1.71. The molecule has 1 aromatic rings. The van der Waals surface area contributed by atoms with Gasteiger partial charge in [-0.25, -0.2) is 0 Å².